The van der Waals surface area contributed by atoms with Gasteiger partial charge in [-0.2, -0.15) is 25.6 Å². The van der Waals surface area contributed by atoms with E-state index < -0.39 is 64.1 Å². The first-order valence-corrected chi connectivity index (χ1v) is 9.95. The van der Waals surface area contributed by atoms with E-state index in [1.807, 2.05) is 0 Å². The summed E-state index contributed by atoms with van der Waals surface area (Å²) in [6.45, 7) is 0. The first-order chi connectivity index (χ1) is 12.9. The number of phenols is 1. The Balaban J connectivity index is 2.39. The number of anilines is 2. The summed E-state index contributed by atoms with van der Waals surface area (Å²) >= 11 is 0. The quantitative estimate of drug-likeness (QED) is 0.352. The molecule has 0 aliphatic rings. The van der Waals surface area contributed by atoms with E-state index >= 15 is 0 Å². The van der Waals surface area contributed by atoms with Crippen LogP contribution >= 0.6 is 0 Å². The molecule has 0 aliphatic heterocycles. The molecule has 2 aromatic carbocycles. The minimum absolute atomic E-state index is 0.354. The van der Waals surface area contributed by atoms with E-state index in [4.69, 9.17) is 0 Å². The van der Waals surface area contributed by atoms with Crippen LogP contribution in [0.5, 0.6) is 5.75 Å². The third kappa shape index (κ3) is 3.57. The Morgan fingerprint density at radius 3 is 2.18 bits per heavy atom. The summed E-state index contributed by atoms with van der Waals surface area (Å²) < 4.78 is 92.5. The molecule has 0 aliphatic carbocycles. The zero-order valence-corrected chi connectivity index (χ0v) is 15.0. The molecule has 28 heavy (non-hydrogen) atoms. The highest BCUT2D eigenvalue weighted by Gasteiger charge is 2.24. The van der Waals surface area contributed by atoms with Gasteiger partial charge in [-0.1, -0.05) is 0 Å². The predicted octanol–water partition coefficient (Wildman–Crippen LogP) is 1.85. The van der Waals surface area contributed by atoms with Crippen molar-refractivity contribution in [1.82, 2.24) is 9.97 Å². The first kappa shape index (κ1) is 19.8. The summed E-state index contributed by atoms with van der Waals surface area (Å²) in [6.07, 6.45) is 0.668. The molecule has 0 saturated heterocycles. The average molecular weight is 433 g/mol. The van der Waals surface area contributed by atoms with Crippen molar-refractivity contribution in [3.63, 3.8) is 0 Å². The lowest BCUT2D eigenvalue weighted by Crippen LogP contribution is -2.06. The summed E-state index contributed by atoms with van der Waals surface area (Å²) in [5, 5.41) is 11.0. The smallest absolute Gasteiger partial charge is 0.295 e. The second-order valence-corrected chi connectivity index (χ2v) is 8.16. The molecule has 0 bridgehead atoms. The Bertz CT molecular complexity index is 1330. The van der Waals surface area contributed by atoms with Gasteiger partial charge in [0.1, 0.15) is 21.9 Å². The van der Waals surface area contributed by atoms with Crippen molar-refractivity contribution in [2.75, 3.05) is 5.32 Å². The van der Waals surface area contributed by atoms with Crippen molar-refractivity contribution in [2.24, 2.45) is 0 Å². The fourth-order valence-corrected chi connectivity index (χ4v) is 3.90. The highest BCUT2D eigenvalue weighted by atomic mass is 32.2. The van der Waals surface area contributed by atoms with Gasteiger partial charge >= 0.3 is 0 Å². The number of benzene rings is 2. The molecule has 0 spiro atoms. The second kappa shape index (κ2) is 6.59. The maximum atomic E-state index is 13.8. The molecular weight excluding hydrogens is 424 g/mol. The van der Waals surface area contributed by atoms with E-state index in [-0.39, 0.29) is 5.69 Å². The van der Waals surface area contributed by atoms with Crippen molar-refractivity contribution < 1.29 is 39.8 Å². The summed E-state index contributed by atoms with van der Waals surface area (Å²) in [5.41, 5.74) is -0.354. The number of aromatic nitrogens is 2. The van der Waals surface area contributed by atoms with Gasteiger partial charge in [-0.05, 0) is 24.3 Å². The Morgan fingerprint density at radius 1 is 0.929 bits per heavy atom. The van der Waals surface area contributed by atoms with Crippen LogP contribution in [0, 0.1) is 11.8 Å². The molecule has 1 heterocycles. The van der Waals surface area contributed by atoms with Crippen molar-refractivity contribution in [3.05, 3.63) is 42.4 Å². The van der Waals surface area contributed by atoms with Crippen LogP contribution in [-0.4, -0.2) is 41.0 Å². The molecule has 1 aromatic heterocycles. The molecule has 0 atom stereocenters. The lowest BCUT2D eigenvalue weighted by molar-refractivity contribution is 0.472. The number of aromatic hydroxyl groups is 1. The number of phenolic OH excluding ortho intramolecular Hbond substituents is 1. The van der Waals surface area contributed by atoms with E-state index in [0.717, 1.165) is 24.3 Å². The van der Waals surface area contributed by atoms with E-state index in [2.05, 4.69) is 15.3 Å². The molecule has 14 heteroatoms. The SMILES string of the molecule is O=S(=O)(O)c1ccc(O)c2c(S(=O)(=O)O)cc(Nc3ncnc(F)c3F)cc12. The van der Waals surface area contributed by atoms with Crippen LogP contribution in [0.15, 0.2) is 40.4 Å². The molecule has 3 aromatic rings. The summed E-state index contributed by atoms with van der Waals surface area (Å²) in [6, 6.07) is 3.24. The largest absolute Gasteiger partial charge is 0.507 e. The Labute approximate surface area is 156 Å². The summed E-state index contributed by atoms with van der Waals surface area (Å²) in [7, 11) is -9.91. The molecular formula is C14H9F2N3O7S2. The minimum atomic E-state index is -5.02. The van der Waals surface area contributed by atoms with Crippen LogP contribution in [0.1, 0.15) is 0 Å². The third-order valence-corrected chi connectivity index (χ3v) is 5.37. The fraction of sp³-hybridized carbons (Fsp3) is 0. The molecule has 0 saturated carbocycles. The number of rotatable bonds is 4. The fourth-order valence-electron chi connectivity index (χ4n) is 2.47. The highest BCUT2D eigenvalue weighted by molar-refractivity contribution is 7.86. The van der Waals surface area contributed by atoms with Crippen LogP contribution in [0.3, 0.4) is 0 Å². The Morgan fingerprint density at radius 2 is 1.57 bits per heavy atom. The molecule has 0 amide bonds. The standard InChI is InChI=1S/C14H9F2N3O7S2/c15-12-13(16)17-5-18-14(12)19-6-3-7-9(27(21,22)23)2-1-8(20)11(7)10(4-6)28(24,25)26/h1-5,20H,(H,17,18,19)(H,21,22,23)(H,24,25,26). The average Bonchev–Trinajstić information content (AvgIpc) is 2.56. The third-order valence-electron chi connectivity index (χ3n) is 3.58. The van der Waals surface area contributed by atoms with Crippen LogP contribution in [0.25, 0.3) is 10.8 Å². The Hall–Kier alpha value is -2.94. The molecule has 3 rings (SSSR count). The van der Waals surface area contributed by atoms with Crippen LogP contribution in [0.2, 0.25) is 0 Å². The molecule has 148 valence electrons. The minimum Gasteiger partial charge on any atom is -0.507 e. The lowest BCUT2D eigenvalue weighted by atomic mass is 10.1. The van der Waals surface area contributed by atoms with Crippen molar-refractivity contribution in [1.29, 1.82) is 0 Å². The van der Waals surface area contributed by atoms with Crippen LogP contribution in [0.4, 0.5) is 20.3 Å². The first-order valence-electron chi connectivity index (χ1n) is 7.07. The van der Waals surface area contributed by atoms with E-state index in [9.17, 15) is 39.8 Å². The zero-order chi connectivity index (χ0) is 20.9. The Kier molecular flexibility index (Phi) is 4.66. The molecule has 4 N–H and O–H groups in total. The van der Waals surface area contributed by atoms with Gasteiger partial charge in [-0.3, -0.25) is 9.11 Å². The highest BCUT2D eigenvalue weighted by Crippen LogP contribution is 2.38. The number of hydrogen-bond acceptors (Lipinski definition) is 8. The molecule has 0 unspecified atom stereocenters. The van der Waals surface area contributed by atoms with Gasteiger partial charge in [0.2, 0.25) is 5.82 Å². The molecule has 0 radical (unpaired) electrons. The summed E-state index contributed by atoms with van der Waals surface area (Å²) in [4.78, 5) is 4.64. The number of hydrogen-bond donors (Lipinski definition) is 4. The topological polar surface area (TPSA) is 167 Å². The lowest BCUT2D eigenvalue weighted by Gasteiger charge is -2.13. The van der Waals surface area contributed by atoms with Gasteiger partial charge in [0.25, 0.3) is 26.2 Å². The van der Waals surface area contributed by atoms with Gasteiger partial charge in [-0.15, -0.1) is 0 Å². The van der Waals surface area contributed by atoms with E-state index in [1.165, 1.54) is 0 Å². The van der Waals surface area contributed by atoms with Crippen LogP contribution < -0.4 is 5.32 Å². The monoisotopic (exact) mass is 433 g/mol. The maximum absolute atomic E-state index is 13.8. The number of fused-ring (bicyclic) bond motifs is 1. The van der Waals surface area contributed by atoms with Gasteiger partial charge in [-0.25, -0.2) is 9.97 Å². The van der Waals surface area contributed by atoms with Crippen molar-refractivity contribution in [2.45, 2.75) is 9.79 Å². The van der Waals surface area contributed by atoms with Gasteiger partial charge in [0.15, 0.2) is 5.82 Å². The second-order valence-electron chi connectivity index (χ2n) is 5.38. The van der Waals surface area contributed by atoms with Crippen molar-refractivity contribution in [3.8, 4) is 5.75 Å². The number of halogens is 2. The predicted molar refractivity (Wildman–Crippen MR) is 90.5 cm³/mol. The van der Waals surface area contributed by atoms with Gasteiger partial charge in [0, 0.05) is 16.5 Å². The van der Waals surface area contributed by atoms with Crippen LogP contribution in [-0.2, 0) is 20.2 Å². The van der Waals surface area contributed by atoms with E-state index in [1.54, 1.807) is 0 Å². The number of nitrogens with zero attached hydrogens (tertiary/aromatic N) is 2. The van der Waals surface area contributed by atoms with E-state index in [0.29, 0.717) is 6.33 Å². The van der Waals surface area contributed by atoms with Gasteiger partial charge < -0.3 is 10.4 Å². The van der Waals surface area contributed by atoms with Gasteiger partial charge in [0.05, 0.1) is 0 Å². The molecule has 0 fully saturated rings. The zero-order valence-electron chi connectivity index (χ0n) is 13.3. The maximum Gasteiger partial charge on any atom is 0.295 e. The van der Waals surface area contributed by atoms with Crippen molar-refractivity contribution >= 4 is 42.5 Å². The normalized spacial score (nSPS) is 12.3. The number of nitrogens with one attached hydrogen (secondary N) is 1. The molecule has 10 nitrogen and oxygen atoms in total. The summed E-state index contributed by atoms with van der Waals surface area (Å²) in [5.74, 6) is -4.46.